The summed E-state index contributed by atoms with van der Waals surface area (Å²) in [4.78, 5) is 27.4. The number of hydrogen-bond donors (Lipinski definition) is 2. The van der Waals surface area contributed by atoms with Crippen LogP contribution in [-0.2, 0) is 16.1 Å². The number of hydrogen-bond acceptors (Lipinski definition) is 4. The van der Waals surface area contributed by atoms with Crippen LogP contribution >= 0.6 is 0 Å². The first kappa shape index (κ1) is 15.7. The zero-order chi connectivity index (χ0) is 16.2. The number of carbonyl (C=O) groups is 2. The lowest BCUT2D eigenvalue weighted by atomic mass is 10.1. The molecule has 0 atom stereocenters. The van der Waals surface area contributed by atoms with Gasteiger partial charge >= 0.3 is 11.8 Å². The molecule has 1 heterocycles. The topological polar surface area (TPSA) is 88.9 Å². The van der Waals surface area contributed by atoms with Crippen LogP contribution < -0.4 is 10.6 Å². The fraction of sp³-hybridized carbons (Fsp3) is 0.333. The second-order valence-corrected chi connectivity index (χ2v) is 5.95. The van der Waals surface area contributed by atoms with Crippen molar-refractivity contribution in [3.63, 3.8) is 0 Å². The highest BCUT2D eigenvalue weighted by Crippen LogP contribution is 2.10. The van der Waals surface area contributed by atoms with Gasteiger partial charge in [0.15, 0.2) is 0 Å². The molecule has 0 saturated heterocycles. The minimum absolute atomic E-state index is 0.448. The van der Waals surface area contributed by atoms with E-state index in [-0.39, 0.29) is 0 Å². The van der Waals surface area contributed by atoms with Gasteiger partial charge in [0.2, 0.25) is 0 Å². The molecule has 2 aromatic rings. The third-order valence-electron chi connectivity index (χ3n) is 2.72. The van der Waals surface area contributed by atoms with Crippen LogP contribution in [0.3, 0.4) is 0 Å². The molecule has 0 aliphatic carbocycles. The Bertz CT molecular complexity index is 642. The van der Waals surface area contributed by atoms with Gasteiger partial charge in [0.25, 0.3) is 0 Å². The van der Waals surface area contributed by atoms with Crippen molar-refractivity contribution in [1.29, 1.82) is 0 Å². The molecule has 7 nitrogen and oxygen atoms in total. The van der Waals surface area contributed by atoms with Gasteiger partial charge in [-0.15, -0.1) is 0 Å². The summed E-state index contributed by atoms with van der Waals surface area (Å²) >= 11 is 0. The van der Waals surface area contributed by atoms with Crippen LogP contribution in [0.4, 0.5) is 5.69 Å². The fourth-order valence-corrected chi connectivity index (χ4v) is 1.78. The SMILES string of the molecule is CC(C)(C)NC(=O)C(=O)Nc1ccc(Cn2cncn2)cc1. The molecule has 116 valence electrons. The number of rotatable bonds is 3. The molecular weight excluding hydrogens is 282 g/mol. The van der Waals surface area contributed by atoms with E-state index in [0.29, 0.717) is 12.2 Å². The van der Waals surface area contributed by atoms with Gasteiger partial charge in [-0.1, -0.05) is 12.1 Å². The van der Waals surface area contributed by atoms with Crippen LogP contribution in [0, 0.1) is 0 Å². The molecule has 0 unspecified atom stereocenters. The van der Waals surface area contributed by atoms with Crippen molar-refractivity contribution in [2.24, 2.45) is 0 Å². The molecule has 0 bridgehead atoms. The Kier molecular flexibility index (Phi) is 4.55. The van der Waals surface area contributed by atoms with Gasteiger partial charge in [0, 0.05) is 11.2 Å². The van der Waals surface area contributed by atoms with E-state index in [1.807, 2.05) is 32.9 Å². The van der Waals surface area contributed by atoms with Crippen molar-refractivity contribution in [3.05, 3.63) is 42.5 Å². The van der Waals surface area contributed by atoms with Crippen LogP contribution in [0.1, 0.15) is 26.3 Å². The maximum atomic E-state index is 11.8. The predicted molar refractivity (Wildman–Crippen MR) is 82.1 cm³/mol. The summed E-state index contributed by atoms with van der Waals surface area (Å²) in [6.45, 7) is 6.05. The van der Waals surface area contributed by atoms with Crippen molar-refractivity contribution < 1.29 is 9.59 Å². The number of benzene rings is 1. The van der Waals surface area contributed by atoms with Gasteiger partial charge in [-0.25, -0.2) is 9.67 Å². The first-order valence-electron chi connectivity index (χ1n) is 6.88. The van der Waals surface area contributed by atoms with Crippen LogP contribution in [0.2, 0.25) is 0 Å². The minimum atomic E-state index is -0.682. The van der Waals surface area contributed by atoms with E-state index in [1.165, 1.54) is 6.33 Å². The summed E-state index contributed by atoms with van der Waals surface area (Å²) in [7, 11) is 0. The lowest BCUT2D eigenvalue weighted by molar-refractivity contribution is -0.137. The summed E-state index contributed by atoms with van der Waals surface area (Å²) in [6, 6.07) is 7.21. The third kappa shape index (κ3) is 4.69. The second kappa shape index (κ2) is 6.38. The lowest BCUT2D eigenvalue weighted by Gasteiger charge is -2.19. The van der Waals surface area contributed by atoms with Gasteiger partial charge in [-0.2, -0.15) is 5.10 Å². The monoisotopic (exact) mass is 301 g/mol. The Hall–Kier alpha value is -2.70. The highest BCUT2D eigenvalue weighted by atomic mass is 16.2. The molecule has 0 aliphatic rings. The van der Waals surface area contributed by atoms with E-state index in [4.69, 9.17) is 0 Å². The van der Waals surface area contributed by atoms with Crippen molar-refractivity contribution in [2.45, 2.75) is 32.9 Å². The first-order chi connectivity index (χ1) is 10.3. The Morgan fingerprint density at radius 1 is 1.14 bits per heavy atom. The first-order valence-corrected chi connectivity index (χ1v) is 6.88. The average molecular weight is 301 g/mol. The maximum Gasteiger partial charge on any atom is 0.313 e. The Labute approximate surface area is 128 Å². The van der Waals surface area contributed by atoms with Gasteiger partial charge in [0.05, 0.1) is 6.54 Å². The Morgan fingerprint density at radius 3 is 2.36 bits per heavy atom. The second-order valence-electron chi connectivity index (χ2n) is 5.95. The van der Waals surface area contributed by atoms with E-state index in [2.05, 4.69) is 20.7 Å². The number of nitrogens with zero attached hydrogens (tertiary/aromatic N) is 3. The maximum absolute atomic E-state index is 11.8. The summed E-state index contributed by atoms with van der Waals surface area (Å²) in [6.07, 6.45) is 3.11. The van der Waals surface area contributed by atoms with Crippen LogP contribution in [-0.4, -0.2) is 32.1 Å². The standard InChI is InChI=1S/C15H19N5O2/c1-15(2,3)19-14(22)13(21)18-12-6-4-11(5-7-12)8-20-10-16-9-17-20/h4-7,9-10H,8H2,1-3H3,(H,18,21)(H,19,22). The zero-order valence-corrected chi connectivity index (χ0v) is 12.8. The smallest absolute Gasteiger partial charge is 0.313 e. The van der Waals surface area contributed by atoms with Crippen LogP contribution in [0.25, 0.3) is 0 Å². The quantitative estimate of drug-likeness (QED) is 0.833. The molecule has 22 heavy (non-hydrogen) atoms. The van der Waals surface area contributed by atoms with Crippen molar-refractivity contribution in [3.8, 4) is 0 Å². The van der Waals surface area contributed by atoms with Gasteiger partial charge in [-0.3, -0.25) is 9.59 Å². The molecule has 0 aliphatic heterocycles. The van der Waals surface area contributed by atoms with E-state index in [9.17, 15) is 9.59 Å². The van der Waals surface area contributed by atoms with Crippen molar-refractivity contribution in [1.82, 2.24) is 20.1 Å². The highest BCUT2D eigenvalue weighted by Gasteiger charge is 2.20. The largest absolute Gasteiger partial charge is 0.343 e. The summed E-state index contributed by atoms with van der Waals surface area (Å²) < 4.78 is 1.70. The fourth-order valence-electron chi connectivity index (χ4n) is 1.78. The molecule has 0 fully saturated rings. The number of carbonyl (C=O) groups excluding carboxylic acids is 2. The summed E-state index contributed by atoms with van der Waals surface area (Å²) in [5, 5.41) is 9.20. The molecule has 2 N–H and O–H groups in total. The minimum Gasteiger partial charge on any atom is -0.343 e. The number of aromatic nitrogens is 3. The predicted octanol–water partition coefficient (Wildman–Crippen LogP) is 1.18. The van der Waals surface area contributed by atoms with E-state index in [1.54, 1.807) is 23.1 Å². The third-order valence-corrected chi connectivity index (χ3v) is 2.72. The lowest BCUT2D eigenvalue weighted by Crippen LogP contribution is -2.46. The molecule has 7 heteroatoms. The molecule has 0 spiro atoms. The van der Waals surface area contributed by atoms with E-state index in [0.717, 1.165) is 5.56 Å². The van der Waals surface area contributed by atoms with Crippen molar-refractivity contribution in [2.75, 3.05) is 5.32 Å². The molecule has 0 saturated carbocycles. The normalized spacial score (nSPS) is 11.0. The number of nitrogens with one attached hydrogen (secondary N) is 2. The summed E-state index contributed by atoms with van der Waals surface area (Å²) in [5.41, 5.74) is 1.13. The molecule has 1 aromatic carbocycles. The van der Waals surface area contributed by atoms with Crippen molar-refractivity contribution >= 4 is 17.5 Å². The zero-order valence-electron chi connectivity index (χ0n) is 12.8. The molecule has 0 radical (unpaired) electrons. The van der Waals surface area contributed by atoms with Gasteiger partial charge in [-0.05, 0) is 38.5 Å². The highest BCUT2D eigenvalue weighted by molar-refractivity contribution is 6.39. The summed E-state index contributed by atoms with van der Waals surface area (Å²) in [5.74, 6) is -1.34. The van der Waals surface area contributed by atoms with Crippen LogP contribution in [0.15, 0.2) is 36.9 Å². The molecular formula is C15H19N5O2. The van der Waals surface area contributed by atoms with E-state index < -0.39 is 17.4 Å². The van der Waals surface area contributed by atoms with Gasteiger partial charge < -0.3 is 10.6 Å². The average Bonchev–Trinajstić information content (AvgIpc) is 2.92. The van der Waals surface area contributed by atoms with E-state index >= 15 is 0 Å². The number of anilines is 1. The number of amides is 2. The molecule has 1 aromatic heterocycles. The molecule has 2 rings (SSSR count). The Morgan fingerprint density at radius 2 is 1.82 bits per heavy atom. The molecule has 2 amide bonds. The Balaban J connectivity index is 1.93. The van der Waals surface area contributed by atoms with Crippen LogP contribution in [0.5, 0.6) is 0 Å². The van der Waals surface area contributed by atoms with Gasteiger partial charge in [0.1, 0.15) is 12.7 Å².